The molecule has 1 aromatic rings. The molecule has 6 nitrogen and oxygen atoms in total. The van der Waals surface area contributed by atoms with Crippen LogP contribution in [0.2, 0.25) is 0 Å². The third kappa shape index (κ3) is 3.26. The van der Waals surface area contributed by atoms with Crippen LogP contribution in [0.1, 0.15) is 6.92 Å². The minimum absolute atomic E-state index is 0.116. The van der Waals surface area contributed by atoms with Crippen molar-refractivity contribution < 1.29 is 26.9 Å². The molecule has 1 aliphatic heterocycles. The predicted molar refractivity (Wildman–Crippen MR) is 74.5 cm³/mol. The molecule has 1 atom stereocenters. The third-order valence-electron chi connectivity index (χ3n) is 3.91. The van der Waals surface area contributed by atoms with Gasteiger partial charge >= 0.3 is 0 Å². The zero-order chi connectivity index (χ0) is 16.5. The Balaban J connectivity index is 2.16. The van der Waals surface area contributed by atoms with Gasteiger partial charge in [-0.3, -0.25) is 4.79 Å². The summed E-state index contributed by atoms with van der Waals surface area (Å²) in [7, 11) is -4.10. The van der Waals surface area contributed by atoms with E-state index >= 15 is 0 Å². The number of nitrogens with two attached hydrogens (primary N) is 1. The van der Waals surface area contributed by atoms with Gasteiger partial charge in [-0.15, -0.1) is 0 Å². The molecular formula is C13H18F2N3O3S+. The van der Waals surface area contributed by atoms with E-state index in [1.807, 2.05) is 0 Å². The molecule has 1 fully saturated rings. The standard InChI is InChI=1S/C13H17F2N3O3S/c1-9(13(16)19)17-4-6-18(7-5-17)22(20,21)12-8-10(14)2-3-11(12)15/h2-3,8-9H,4-7H2,1H3,(H2,16,19)/p+1/t9-/m0/s1. The summed E-state index contributed by atoms with van der Waals surface area (Å²) in [6.07, 6.45) is 0. The molecule has 22 heavy (non-hydrogen) atoms. The molecule has 0 aliphatic carbocycles. The van der Waals surface area contributed by atoms with Crippen LogP contribution in [0.4, 0.5) is 8.78 Å². The number of piperazine rings is 1. The van der Waals surface area contributed by atoms with Crippen molar-refractivity contribution in [1.82, 2.24) is 4.31 Å². The lowest BCUT2D eigenvalue weighted by molar-refractivity contribution is -0.917. The Bertz CT molecular complexity index is 673. The maximum absolute atomic E-state index is 13.7. The zero-order valence-corrected chi connectivity index (χ0v) is 12.9. The first kappa shape index (κ1) is 16.8. The number of nitrogens with zero attached hydrogens (tertiary/aromatic N) is 1. The van der Waals surface area contributed by atoms with Crippen molar-refractivity contribution in [1.29, 1.82) is 0 Å². The van der Waals surface area contributed by atoms with Crippen LogP contribution >= 0.6 is 0 Å². The van der Waals surface area contributed by atoms with E-state index < -0.39 is 38.5 Å². The van der Waals surface area contributed by atoms with Gasteiger partial charge in [0.15, 0.2) is 6.04 Å². The number of hydrogen-bond donors (Lipinski definition) is 2. The van der Waals surface area contributed by atoms with E-state index in [0.717, 1.165) is 21.3 Å². The maximum Gasteiger partial charge on any atom is 0.275 e. The molecule has 2 rings (SSSR count). The van der Waals surface area contributed by atoms with E-state index in [-0.39, 0.29) is 13.1 Å². The van der Waals surface area contributed by atoms with E-state index in [9.17, 15) is 22.0 Å². The van der Waals surface area contributed by atoms with Crippen molar-refractivity contribution in [2.75, 3.05) is 26.2 Å². The molecule has 1 saturated heterocycles. The summed E-state index contributed by atoms with van der Waals surface area (Å²) in [5.41, 5.74) is 5.23. The summed E-state index contributed by atoms with van der Waals surface area (Å²) in [6.45, 7) is 2.66. The van der Waals surface area contributed by atoms with Gasteiger partial charge in [0.1, 0.15) is 16.5 Å². The summed E-state index contributed by atoms with van der Waals surface area (Å²) in [5.74, 6) is -2.25. The van der Waals surface area contributed by atoms with Crippen LogP contribution < -0.4 is 10.6 Å². The van der Waals surface area contributed by atoms with Crippen LogP contribution in [0.3, 0.4) is 0 Å². The first-order valence-electron chi connectivity index (χ1n) is 6.82. The highest BCUT2D eigenvalue weighted by Gasteiger charge is 2.35. The third-order valence-corrected chi connectivity index (χ3v) is 5.83. The van der Waals surface area contributed by atoms with Crippen LogP contribution in [0, 0.1) is 11.6 Å². The van der Waals surface area contributed by atoms with E-state index in [1.165, 1.54) is 0 Å². The van der Waals surface area contributed by atoms with Crippen LogP contribution in [0.5, 0.6) is 0 Å². The van der Waals surface area contributed by atoms with E-state index in [0.29, 0.717) is 19.2 Å². The second-order valence-corrected chi connectivity index (χ2v) is 7.17. The topological polar surface area (TPSA) is 84.9 Å². The molecule has 1 heterocycles. The highest BCUT2D eigenvalue weighted by Crippen LogP contribution is 2.20. The molecule has 1 amide bonds. The molecule has 0 spiro atoms. The van der Waals surface area contributed by atoms with Gasteiger partial charge in [0.25, 0.3) is 5.91 Å². The number of quaternary nitrogens is 1. The second kappa shape index (κ2) is 6.27. The fraction of sp³-hybridized carbons (Fsp3) is 0.462. The van der Waals surface area contributed by atoms with Gasteiger partial charge in [0.05, 0.1) is 26.2 Å². The minimum atomic E-state index is -4.10. The summed E-state index contributed by atoms with van der Waals surface area (Å²) in [6, 6.07) is 1.91. The lowest BCUT2D eigenvalue weighted by Gasteiger charge is -2.33. The number of benzene rings is 1. The Hall–Kier alpha value is -1.58. The first-order chi connectivity index (χ1) is 10.2. The number of halogens is 2. The molecule has 1 aliphatic rings. The van der Waals surface area contributed by atoms with Crippen LogP contribution in [0.25, 0.3) is 0 Å². The van der Waals surface area contributed by atoms with Crippen molar-refractivity contribution in [2.24, 2.45) is 5.73 Å². The molecular weight excluding hydrogens is 316 g/mol. The van der Waals surface area contributed by atoms with Crippen molar-refractivity contribution in [3.8, 4) is 0 Å². The van der Waals surface area contributed by atoms with Gasteiger partial charge < -0.3 is 10.6 Å². The quantitative estimate of drug-likeness (QED) is 0.720. The smallest absolute Gasteiger partial charge is 0.275 e. The number of carbonyl (C=O) groups excluding carboxylic acids is 1. The van der Waals surface area contributed by atoms with Gasteiger partial charge in [-0.25, -0.2) is 17.2 Å². The van der Waals surface area contributed by atoms with Gasteiger partial charge in [-0.05, 0) is 25.1 Å². The number of amides is 1. The summed E-state index contributed by atoms with van der Waals surface area (Å²) < 4.78 is 52.8. The molecule has 0 bridgehead atoms. The van der Waals surface area contributed by atoms with E-state index in [1.54, 1.807) is 6.92 Å². The van der Waals surface area contributed by atoms with Gasteiger partial charge in [-0.2, -0.15) is 4.31 Å². The monoisotopic (exact) mass is 334 g/mol. The Morgan fingerprint density at radius 3 is 2.45 bits per heavy atom. The van der Waals surface area contributed by atoms with Crippen molar-refractivity contribution in [3.63, 3.8) is 0 Å². The first-order valence-corrected chi connectivity index (χ1v) is 8.26. The molecule has 0 aromatic heterocycles. The van der Waals surface area contributed by atoms with Crippen molar-refractivity contribution >= 4 is 15.9 Å². The lowest BCUT2D eigenvalue weighted by Crippen LogP contribution is -3.19. The predicted octanol–water partition coefficient (Wildman–Crippen LogP) is -1.27. The summed E-state index contributed by atoms with van der Waals surface area (Å²) in [5, 5.41) is 0. The molecule has 0 saturated carbocycles. The average molecular weight is 334 g/mol. The van der Waals surface area contributed by atoms with Crippen molar-refractivity contribution in [3.05, 3.63) is 29.8 Å². The summed E-state index contributed by atoms with van der Waals surface area (Å²) >= 11 is 0. The summed E-state index contributed by atoms with van der Waals surface area (Å²) in [4.78, 5) is 11.4. The fourth-order valence-corrected chi connectivity index (χ4v) is 3.98. The number of hydrogen-bond acceptors (Lipinski definition) is 3. The molecule has 0 unspecified atom stereocenters. The van der Waals surface area contributed by atoms with Crippen LogP contribution in [-0.2, 0) is 14.8 Å². The molecule has 3 N–H and O–H groups in total. The van der Waals surface area contributed by atoms with E-state index in [2.05, 4.69) is 0 Å². The Morgan fingerprint density at radius 1 is 1.32 bits per heavy atom. The van der Waals surface area contributed by atoms with Crippen LogP contribution in [-0.4, -0.2) is 50.9 Å². The van der Waals surface area contributed by atoms with E-state index in [4.69, 9.17) is 5.73 Å². The zero-order valence-electron chi connectivity index (χ0n) is 12.1. The molecule has 122 valence electrons. The molecule has 0 radical (unpaired) electrons. The largest absolute Gasteiger partial charge is 0.365 e. The van der Waals surface area contributed by atoms with Crippen LogP contribution in [0.15, 0.2) is 23.1 Å². The highest BCUT2D eigenvalue weighted by atomic mass is 32.2. The Kier molecular flexibility index (Phi) is 4.78. The second-order valence-electron chi connectivity index (χ2n) is 5.26. The molecule has 9 heteroatoms. The number of primary amides is 1. The average Bonchev–Trinajstić information content (AvgIpc) is 2.48. The Labute approximate surface area is 127 Å². The number of carbonyl (C=O) groups is 1. The minimum Gasteiger partial charge on any atom is -0.365 e. The van der Waals surface area contributed by atoms with Gasteiger partial charge in [0, 0.05) is 0 Å². The van der Waals surface area contributed by atoms with Gasteiger partial charge in [-0.1, -0.05) is 0 Å². The normalized spacial score (nSPS) is 19.0. The number of nitrogens with one attached hydrogen (secondary N) is 1. The number of sulfonamides is 1. The maximum atomic E-state index is 13.7. The Morgan fingerprint density at radius 2 is 1.91 bits per heavy atom. The van der Waals surface area contributed by atoms with Gasteiger partial charge in [0.2, 0.25) is 10.0 Å². The highest BCUT2D eigenvalue weighted by molar-refractivity contribution is 7.89. The fourth-order valence-electron chi connectivity index (χ4n) is 2.46. The lowest BCUT2D eigenvalue weighted by atomic mass is 10.2. The van der Waals surface area contributed by atoms with Crippen molar-refractivity contribution in [2.45, 2.75) is 17.9 Å². The molecule has 1 aromatic carbocycles. The SMILES string of the molecule is C[C@@H](C(N)=O)[NH+]1CCN(S(=O)(=O)c2cc(F)ccc2F)CC1. The number of rotatable bonds is 4.